The number of benzene rings is 2. The van der Waals surface area contributed by atoms with E-state index in [1.54, 1.807) is 0 Å². The van der Waals surface area contributed by atoms with Crippen molar-refractivity contribution >= 4 is 5.69 Å². The molecule has 0 radical (unpaired) electrons. The third-order valence-corrected chi connectivity index (χ3v) is 3.63. The normalized spacial score (nSPS) is 10.8. The predicted molar refractivity (Wildman–Crippen MR) is 105 cm³/mol. The molecular weight excluding hydrogens is 346 g/mol. The van der Waals surface area contributed by atoms with Crippen molar-refractivity contribution in [3.05, 3.63) is 60.2 Å². The fraction of sp³-hybridized carbons (Fsp3) is 0.429. The summed E-state index contributed by atoms with van der Waals surface area (Å²) in [5, 5.41) is 0. The zero-order chi connectivity index (χ0) is 19.0. The SMILES string of the molecule is Nc1ccccc1OCCOCCOCCOCCOCc1ccccc1. The third-order valence-electron chi connectivity index (χ3n) is 3.63. The van der Waals surface area contributed by atoms with E-state index < -0.39 is 0 Å². The van der Waals surface area contributed by atoms with Gasteiger partial charge < -0.3 is 29.4 Å². The Hall–Kier alpha value is -2.12. The molecule has 2 N–H and O–H groups in total. The minimum atomic E-state index is 0.459. The van der Waals surface area contributed by atoms with Crippen LogP contribution in [0.1, 0.15) is 5.56 Å². The second-order valence-electron chi connectivity index (χ2n) is 5.76. The summed E-state index contributed by atoms with van der Waals surface area (Å²) in [7, 11) is 0. The molecule has 0 saturated heterocycles. The molecule has 2 rings (SSSR count). The maximum atomic E-state index is 5.79. The molecule has 2 aromatic rings. The zero-order valence-corrected chi connectivity index (χ0v) is 15.7. The van der Waals surface area contributed by atoms with Gasteiger partial charge in [0.2, 0.25) is 0 Å². The van der Waals surface area contributed by atoms with Crippen LogP contribution < -0.4 is 10.5 Å². The van der Waals surface area contributed by atoms with Crippen molar-refractivity contribution in [1.29, 1.82) is 0 Å². The maximum absolute atomic E-state index is 5.79. The van der Waals surface area contributed by atoms with Crippen LogP contribution in [-0.4, -0.2) is 52.9 Å². The number of hydrogen-bond donors (Lipinski definition) is 1. The van der Waals surface area contributed by atoms with Gasteiger partial charge in [-0.15, -0.1) is 0 Å². The molecular formula is C21H29NO5. The minimum absolute atomic E-state index is 0.459. The fourth-order valence-electron chi connectivity index (χ4n) is 2.25. The largest absolute Gasteiger partial charge is 0.489 e. The Labute approximate surface area is 161 Å². The van der Waals surface area contributed by atoms with E-state index in [-0.39, 0.29) is 0 Å². The molecule has 0 aliphatic carbocycles. The average Bonchev–Trinajstić information content (AvgIpc) is 2.70. The molecule has 6 heteroatoms. The Kier molecular flexibility index (Phi) is 11.0. The lowest BCUT2D eigenvalue weighted by molar-refractivity contribution is -0.00657. The van der Waals surface area contributed by atoms with Crippen LogP contribution in [0.15, 0.2) is 54.6 Å². The summed E-state index contributed by atoms with van der Waals surface area (Å²) in [6.45, 7) is 4.84. The molecule has 0 spiro atoms. The summed E-state index contributed by atoms with van der Waals surface area (Å²) in [6.07, 6.45) is 0. The molecule has 2 aromatic carbocycles. The Morgan fingerprint density at radius 3 is 1.70 bits per heavy atom. The molecule has 27 heavy (non-hydrogen) atoms. The van der Waals surface area contributed by atoms with Gasteiger partial charge in [-0.2, -0.15) is 0 Å². The summed E-state index contributed by atoms with van der Waals surface area (Å²) in [5.74, 6) is 0.683. The quantitative estimate of drug-likeness (QED) is 0.381. The highest BCUT2D eigenvalue weighted by atomic mass is 16.6. The van der Waals surface area contributed by atoms with E-state index in [9.17, 15) is 0 Å². The zero-order valence-electron chi connectivity index (χ0n) is 15.7. The standard InChI is InChI=1S/C21H29NO5/c22-20-8-4-5-9-21(20)27-17-16-25-13-12-23-10-11-24-14-15-26-18-19-6-2-1-3-7-19/h1-9H,10-18,22H2. The van der Waals surface area contributed by atoms with Gasteiger partial charge in [0.25, 0.3) is 0 Å². The summed E-state index contributed by atoms with van der Waals surface area (Å²) < 4.78 is 27.4. The Morgan fingerprint density at radius 2 is 1.07 bits per heavy atom. The van der Waals surface area contributed by atoms with Gasteiger partial charge >= 0.3 is 0 Å². The molecule has 0 bridgehead atoms. The van der Waals surface area contributed by atoms with Gasteiger partial charge in [0.1, 0.15) is 12.4 Å². The Morgan fingerprint density at radius 1 is 0.556 bits per heavy atom. The van der Waals surface area contributed by atoms with Crippen LogP contribution in [0.25, 0.3) is 0 Å². The predicted octanol–water partition coefficient (Wildman–Crippen LogP) is 2.91. The molecule has 0 fully saturated rings. The van der Waals surface area contributed by atoms with E-state index in [0.29, 0.717) is 70.9 Å². The topological polar surface area (TPSA) is 72.2 Å². The lowest BCUT2D eigenvalue weighted by Crippen LogP contribution is -2.14. The maximum Gasteiger partial charge on any atom is 0.142 e. The molecule has 0 aromatic heterocycles. The molecule has 0 amide bonds. The van der Waals surface area contributed by atoms with Crippen LogP contribution in [0.5, 0.6) is 5.75 Å². The number of para-hydroxylation sites is 2. The van der Waals surface area contributed by atoms with Crippen LogP contribution >= 0.6 is 0 Å². The van der Waals surface area contributed by atoms with Crippen LogP contribution in [-0.2, 0) is 25.6 Å². The van der Waals surface area contributed by atoms with Crippen LogP contribution in [0.2, 0.25) is 0 Å². The first-order valence-corrected chi connectivity index (χ1v) is 9.18. The minimum Gasteiger partial charge on any atom is -0.489 e. The van der Waals surface area contributed by atoms with E-state index in [2.05, 4.69) is 0 Å². The highest BCUT2D eigenvalue weighted by Crippen LogP contribution is 2.19. The van der Waals surface area contributed by atoms with E-state index in [0.717, 1.165) is 0 Å². The van der Waals surface area contributed by atoms with Crippen LogP contribution in [0, 0.1) is 0 Å². The summed E-state index contributed by atoms with van der Waals surface area (Å²) in [4.78, 5) is 0. The highest BCUT2D eigenvalue weighted by Gasteiger charge is 1.98. The van der Waals surface area contributed by atoms with Crippen molar-refractivity contribution < 1.29 is 23.7 Å². The Balaban J connectivity index is 1.30. The van der Waals surface area contributed by atoms with Crippen molar-refractivity contribution in [3.8, 4) is 5.75 Å². The second kappa shape index (κ2) is 14.0. The molecule has 148 valence electrons. The lowest BCUT2D eigenvalue weighted by Gasteiger charge is -2.09. The summed E-state index contributed by atoms with van der Waals surface area (Å²) >= 11 is 0. The van der Waals surface area contributed by atoms with Gasteiger partial charge in [-0.25, -0.2) is 0 Å². The first-order chi connectivity index (χ1) is 13.4. The van der Waals surface area contributed by atoms with Crippen molar-refractivity contribution in [2.75, 3.05) is 58.6 Å². The second-order valence-corrected chi connectivity index (χ2v) is 5.76. The number of hydrogen-bond acceptors (Lipinski definition) is 6. The van der Waals surface area contributed by atoms with Crippen LogP contribution in [0.3, 0.4) is 0 Å². The van der Waals surface area contributed by atoms with E-state index in [1.807, 2.05) is 54.6 Å². The number of ether oxygens (including phenoxy) is 5. The molecule has 0 unspecified atom stereocenters. The number of nitrogen functional groups attached to an aromatic ring is 1. The Bertz CT molecular complexity index is 609. The van der Waals surface area contributed by atoms with Crippen molar-refractivity contribution in [1.82, 2.24) is 0 Å². The lowest BCUT2D eigenvalue weighted by atomic mass is 10.2. The smallest absolute Gasteiger partial charge is 0.142 e. The molecule has 6 nitrogen and oxygen atoms in total. The summed E-state index contributed by atoms with van der Waals surface area (Å²) in [6, 6.07) is 17.5. The van der Waals surface area contributed by atoms with E-state index in [1.165, 1.54) is 5.56 Å². The summed E-state index contributed by atoms with van der Waals surface area (Å²) in [5.41, 5.74) is 7.58. The van der Waals surface area contributed by atoms with Crippen LogP contribution in [0.4, 0.5) is 5.69 Å². The number of rotatable bonds is 15. The van der Waals surface area contributed by atoms with Gasteiger partial charge in [0, 0.05) is 0 Å². The van der Waals surface area contributed by atoms with Gasteiger partial charge in [-0.05, 0) is 17.7 Å². The van der Waals surface area contributed by atoms with Crippen molar-refractivity contribution in [2.45, 2.75) is 6.61 Å². The van der Waals surface area contributed by atoms with Gasteiger partial charge in [0.15, 0.2) is 0 Å². The van der Waals surface area contributed by atoms with Gasteiger partial charge in [-0.1, -0.05) is 42.5 Å². The number of anilines is 1. The monoisotopic (exact) mass is 375 g/mol. The molecule has 0 aliphatic heterocycles. The molecule has 0 atom stereocenters. The van der Waals surface area contributed by atoms with Gasteiger partial charge in [0.05, 0.1) is 58.5 Å². The van der Waals surface area contributed by atoms with E-state index in [4.69, 9.17) is 29.4 Å². The average molecular weight is 375 g/mol. The third kappa shape index (κ3) is 9.96. The molecule has 0 aliphatic rings. The first-order valence-electron chi connectivity index (χ1n) is 9.18. The number of nitrogens with two attached hydrogens (primary N) is 1. The molecule has 0 heterocycles. The fourth-order valence-corrected chi connectivity index (χ4v) is 2.25. The highest BCUT2D eigenvalue weighted by molar-refractivity contribution is 5.51. The van der Waals surface area contributed by atoms with Crippen molar-refractivity contribution in [3.63, 3.8) is 0 Å². The van der Waals surface area contributed by atoms with Gasteiger partial charge in [-0.3, -0.25) is 0 Å². The van der Waals surface area contributed by atoms with E-state index >= 15 is 0 Å². The first kappa shape index (κ1) is 21.2. The molecule has 0 saturated carbocycles. The van der Waals surface area contributed by atoms with Crippen molar-refractivity contribution in [2.24, 2.45) is 0 Å².